The number of carbonyl (C=O) groups is 2. The molecule has 1 N–H and O–H groups in total. The van der Waals surface area contributed by atoms with Gasteiger partial charge >= 0.3 is 0 Å². The van der Waals surface area contributed by atoms with Crippen LogP contribution in [0.4, 0.5) is 14.5 Å². The van der Waals surface area contributed by atoms with Gasteiger partial charge < -0.3 is 10.2 Å². The molecule has 0 radical (unpaired) electrons. The maximum Gasteiger partial charge on any atom is 0.258 e. The molecule has 2 amide bonds. The Morgan fingerprint density at radius 3 is 2.62 bits per heavy atom. The molecule has 1 aliphatic carbocycles. The van der Waals surface area contributed by atoms with E-state index in [1.807, 2.05) is 4.90 Å². The van der Waals surface area contributed by atoms with Crippen molar-refractivity contribution in [3.8, 4) is 0 Å². The van der Waals surface area contributed by atoms with Crippen molar-refractivity contribution in [3.63, 3.8) is 0 Å². The molecule has 152 valence electrons. The highest BCUT2D eigenvalue weighted by atomic mass is 19.1. The number of carbonyl (C=O) groups excluding carboxylic acids is 2. The van der Waals surface area contributed by atoms with E-state index in [1.165, 1.54) is 32.1 Å². The van der Waals surface area contributed by atoms with Crippen LogP contribution in [0.5, 0.6) is 0 Å². The minimum Gasteiger partial charge on any atom is -0.338 e. The van der Waals surface area contributed by atoms with E-state index < -0.39 is 17.5 Å². The Labute approximate surface area is 168 Å². The summed E-state index contributed by atoms with van der Waals surface area (Å²) in [7, 11) is 0. The third kappa shape index (κ3) is 4.31. The van der Waals surface area contributed by atoms with Gasteiger partial charge in [-0.3, -0.25) is 9.59 Å². The molecular formula is C23H24F2N2O2. The largest absolute Gasteiger partial charge is 0.338 e. The second-order valence-corrected chi connectivity index (χ2v) is 7.96. The summed E-state index contributed by atoms with van der Waals surface area (Å²) in [5.74, 6) is -1.65. The zero-order valence-electron chi connectivity index (χ0n) is 16.2. The molecule has 2 aliphatic rings. The van der Waals surface area contributed by atoms with Crippen molar-refractivity contribution in [2.45, 2.75) is 38.5 Å². The smallest absolute Gasteiger partial charge is 0.258 e. The molecule has 0 spiro atoms. The van der Waals surface area contributed by atoms with Crippen molar-refractivity contribution in [2.75, 3.05) is 18.4 Å². The SMILES string of the molecule is O=C(Nc1ccc2c(c1)CCN(CC1CCCCC1)C2=O)c1ccc(F)cc1F. The van der Waals surface area contributed by atoms with Gasteiger partial charge in [0.15, 0.2) is 0 Å². The van der Waals surface area contributed by atoms with E-state index in [0.717, 1.165) is 30.7 Å². The average molecular weight is 398 g/mol. The number of hydrogen-bond acceptors (Lipinski definition) is 2. The Hall–Kier alpha value is -2.76. The molecular weight excluding hydrogens is 374 g/mol. The quantitative estimate of drug-likeness (QED) is 0.805. The van der Waals surface area contributed by atoms with E-state index in [9.17, 15) is 18.4 Å². The standard InChI is InChI=1S/C23H24F2N2O2/c24-17-6-8-20(21(25)13-17)22(28)26-18-7-9-19-16(12-18)10-11-27(23(19)29)14-15-4-2-1-3-5-15/h6-9,12-13,15H,1-5,10-11,14H2,(H,26,28). The van der Waals surface area contributed by atoms with Crippen molar-refractivity contribution in [3.05, 3.63) is 64.7 Å². The van der Waals surface area contributed by atoms with Gasteiger partial charge in [0.2, 0.25) is 0 Å². The summed E-state index contributed by atoms with van der Waals surface area (Å²) < 4.78 is 26.8. The van der Waals surface area contributed by atoms with Crippen LogP contribution in [0.3, 0.4) is 0 Å². The Bertz CT molecular complexity index is 938. The highest BCUT2D eigenvalue weighted by molar-refractivity contribution is 6.05. The first-order valence-corrected chi connectivity index (χ1v) is 10.2. The van der Waals surface area contributed by atoms with Gasteiger partial charge in [-0.2, -0.15) is 0 Å². The number of anilines is 1. The van der Waals surface area contributed by atoms with Crippen LogP contribution in [-0.2, 0) is 6.42 Å². The van der Waals surface area contributed by atoms with Gasteiger partial charge in [-0.25, -0.2) is 8.78 Å². The van der Waals surface area contributed by atoms with E-state index in [1.54, 1.807) is 18.2 Å². The van der Waals surface area contributed by atoms with E-state index in [4.69, 9.17) is 0 Å². The first-order valence-electron chi connectivity index (χ1n) is 10.2. The molecule has 6 heteroatoms. The van der Waals surface area contributed by atoms with Crippen LogP contribution in [0.1, 0.15) is 58.4 Å². The fraction of sp³-hybridized carbons (Fsp3) is 0.391. The Balaban J connectivity index is 1.45. The maximum absolute atomic E-state index is 13.8. The minimum atomic E-state index is -0.908. The second kappa shape index (κ2) is 8.31. The van der Waals surface area contributed by atoms with E-state index >= 15 is 0 Å². The zero-order chi connectivity index (χ0) is 20.4. The first-order chi connectivity index (χ1) is 14.0. The number of rotatable bonds is 4. The second-order valence-electron chi connectivity index (χ2n) is 7.96. The van der Waals surface area contributed by atoms with Gasteiger partial charge in [0.25, 0.3) is 11.8 Å². The summed E-state index contributed by atoms with van der Waals surface area (Å²) in [5.41, 5.74) is 1.81. The van der Waals surface area contributed by atoms with E-state index in [2.05, 4.69) is 5.32 Å². The van der Waals surface area contributed by atoms with Crippen molar-refractivity contribution in [2.24, 2.45) is 5.92 Å². The van der Waals surface area contributed by atoms with Crippen molar-refractivity contribution < 1.29 is 18.4 Å². The van der Waals surface area contributed by atoms with Gasteiger partial charge in [-0.1, -0.05) is 19.3 Å². The summed E-state index contributed by atoms with van der Waals surface area (Å²) in [4.78, 5) is 27.1. The molecule has 0 aromatic heterocycles. The predicted molar refractivity (Wildman–Crippen MR) is 107 cm³/mol. The first kappa shape index (κ1) is 19.6. The number of benzene rings is 2. The Morgan fingerprint density at radius 2 is 1.86 bits per heavy atom. The molecule has 0 saturated heterocycles. The van der Waals surface area contributed by atoms with Gasteiger partial charge in [-0.15, -0.1) is 0 Å². The molecule has 0 bridgehead atoms. The highest BCUT2D eigenvalue weighted by Gasteiger charge is 2.27. The lowest BCUT2D eigenvalue weighted by Gasteiger charge is -2.33. The monoisotopic (exact) mass is 398 g/mol. The summed E-state index contributed by atoms with van der Waals surface area (Å²) >= 11 is 0. The van der Waals surface area contributed by atoms with Gasteiger partial charge in [0.1, 0.15) is 11.6 Å². The molecule has 0 atom stereocenters. The molecule has 29 heavy (non-hydrogen) atoms. The Morgan fingerprint density at radius 1 is 1.07 bits per heavy atom. The lowest BCUT2D eigenvalue weighted by atomic mass is 9.88. The minimum absolute atomic E-state index is 0.0410. The fourth-order valence-electron chi connectivity index (χ4n) is 4.34. The lowest BCUT2D eigenvalue weighted by Crippen LogP contribution is -2.41. The third-order valence-corrected chi connectivity index (χ3v) is 5.91. The average Bonchev–Trinajstić information content (AvgIpc) is 2.71. The number of halogens is 2. The van der Waals surface area contributed by atoms with Crippen LogP contribution < -0.4 is 5.32 Å². The van der Waals surface area contributed by atoms with Gasteiger partial charge in [0, 0.05) is 30.4 Å². The fourth-order valence-corrected chi connectivity index (χ4v) is 4.34. The highest BCUT2D eigenvalue weighted by Crippen LogP contribution is 2.28. The molecule has 1 aliphatic heterocycles. The number of hydrogen-bond donors (Lipinski definition) is 1. The molecule has 1 heterocycles. The van der Waals surface area contributed by atoms with Crippen molar-refractivity contribution in [1.82, 2.24) is 4.90 Å². The zero-order valence-corrected chi connectivity index (χ0v) is 16.2. The van der Waals surface area contributed by atoms with E-state index in [0.29, 0.717) is 29.8 Å². The molecule has 1 saturated carbocycles. The maximum atomic E-state index is 13.8. The number of amides is 2. The topological polar surface area (TPSA) is 49.4 Å². The van der Waals surface area contributed by atoms with Crippen LogP contribution in [0.25, 0.3) is 0 Å². The van der Waals surface area contributed by atoms with Crippen LogP contribution >= 0.6 is 0 Å². The van der Waals surface area contributed by atoms with Crippen LogP contribution in [0.2, 0.25) is 0 Å². The molecule has 0 unspecified atom stereocenters. The molecule has 2 aromatic carbocycles. The molecule has 2 aromatic rings. The predicted octanol–water partition coefficient (Wildman–Crippen LogP) is 4.80. The summed E-state index contributed by atoms with van der Waals surface area (Å²) in [5, 5.41) is 2.63. The van der Waals surface area contributed by atoms with Crippen molar-refractivity contribution >= 4 is 17.5 Å². The van der Waals surface area contributed by atoms with Gasteiger partial charge in [0.05, 0.1) is 5.56 Å². The summed E-state index contributed by atoms with van der Waals surface area (Å²) in [6, 6.07) is 7.99. The summed E-state index contributed by atoms with van der Waals surface area (Å²) in [6.07, 6.45) is 6.91. The van der Waals surface area contributed by atoms with E-state index in [-0.39, 0.29) is 11.5 Å². The van der Waals surface area contributed by atoms with Crippen LogP contribution in [0.15, 0.2) is 36.4 Å². The van der Waals surface area contributed by atoms with Crippen molar-refractivity contribution in [1.29, 1.82) is 0 Å². The normalized spacial score (nSPS) is 17.2. The van der Waals surface area contributed by atoms with Gasteiger partial charge in [-0.05, 0) is 61.1 Å². The molecule has 1 fully saturated rings. The Kier molecular flexibility index (Phi) is 5.60. The number of nitrogens with one attached hydrogen (secondary N) is 1. The molecule has 4 rings (SSSR count). The van der Waals surface area contributed by atoms with Crippen LogP contribution in [0, 0.1) is 17.6 Å². The lowest BCUT2D eigenvalue weighted by molar-refractivity contribution is 0.0697. The summed E-state index contributed by atoms with van der Waals surface area (Å²) in [6.45, 7) is 1.49. The third-order valence-electron chi connectivity index (χ3n) is 5.91. The number of fused-ring (bicyclic) bond motifs is 1. The number of nitrogens with zero attached hydrogens (tertiary/aromatic N) is 1. The molecule has 4 nitrogen and oxygen atoms in total. The van der Waals surface area contributed by atoms with Crippen LogP contribution in [-0.4, -0.2) is 29.8 Å².